The number of hydrogen-bond acceptors (Lipinski definition) is 4. The van der Waals surface area contributed by atoms with Gasteiger partial charge in [-0.3, -0.25) is 0 Å². The van der Waals surface area contributed by atoms with Gasteiger partial charge in [-0.15, -0.1) is 0 Å². The Kier molecular flexibility index (Phi) is 16.7. The molecule has 0 heterocycles. The highest BCUT2D eigenvalue weighted by molar-refractivity contribution is 6.62. The average Bonchev–Trinajstić information content (AvgIpc) is 2.68. The van der Waals surface area contributed by atoms with Crippen molar-refractivity contribution in [1.29, 1.82) is 0 Å². The van der Waals surface area contributed by atoms with E-state index in [2.05, 4.69) is 27.7 Å². The minimum atomic E-state index is -2.67. The summed E-state index contributed by atoms with van der Waals surface area (Å²) in [6.07, 6.45) is 18.3. The first-order valence-electron chi connectivity index (χ1n) is 12.2. The van der Waals surface area contributed by atoms with E-state index in [0.717, 1.165) is 12.8 Å². The maximum absolute atomic E-state index is 6.42. The second-order valence-electron chi connectivity index (χ2n) is 9.51. The molecular weight excluding hydrogens is 378 g/mol. The Morgan fingerprint density at radius 2 is 1.14 bits per heavy atom. The Hall–Kier alpha value is 0.0569. The molecule has 0 aromatic rings. The van der Waals surface area contributed by atoms with Gasteiger partial charge < -0.3 is 19.0 Å². The first-order valence-corrected chi connectivity index (χ1v) is 14.0. The Morgan fingerprint density at radius 3 is 1.48 bits per heavy atom. The molecular formula is C24H53NO3Si. The van der Waals surface area contributed by atoms with Gasteiger partial charge in [-0.25, -0.2) is 0 Å². The average molecular weight is 432 g/mol. The van der Waals surface area contributed by atoms with E-state index in [1.165, 1.54) is 77.0 Å². The zero-order valence-electron chi connectivity index (χ0n) is 20.9. The zero-order chi connectivity index (χ0) is 22.2. The smallest absolute Gasteiger partial charge is 0.377 e. The molecule has 0 bridgehead atoms. The fourth-order valence-corrected chi connectivity index (χ4v) is 7.54. The van der Waals surface area contributed by atoms with Gasteiger partial charge in [0.15, 0.2) is 0 Å². The summed E-state index contributed by atoms with van der Waals surface area (Å²) in [7, 11) is 2.53. The third-order valence-electron chi connectivity index (χ3n) is 6.28. The third-order valence-corrected chi connectivity index (χ3v) is 9.78. The molecule has 0 saturated carbocycles. The summed E-state index contributed by atoms with van der Waals surface area (Å²) < 4.78 is 17.5. The summed E-state index contributed by atoms with van der Waals surface area (Å²) >= 11 is 0. The van der Waals surface area contributed by atoms with Crippen LogP contribution in [0.1, 0.15) is 118 Å². The molecule has 0 aliphatic rings. The van der Waals surface area contributed by atoms with Crippen LogP contribution in [-0.2, 0) is 13.3 Å². The Labute approximate surface area is 184 Å². The van der Waals surface area contributed by atoms with Gasteiger partial charge in [-0.2, -0.15) is 0 Å². The molecule has 0 spiro atoms. The van der Waals surface area contributed by atoms with Gasteiger partial charge >= 0.3 is 8.80 Å². The predicted molar refractivity (Wildman–Crippen MR) is 128 cm³/mol. The van der Waals surface area contributed by atoms with Crippen molar-refractivity contribution in [2.75, 3.05) is 21.3 Å². The van der Waals surface area contributed by atoms with Crippen molar-refractivity contribution >= 4 is 8.80 Å². The fourth-order valence-electron chi connectivity index (χ4n) is 4.77. The Morgan fingerprint density at radius 1 is 0.724 bits per heavy atom. The largest absolute Gasteiger partial charge is 0.503 e. The van der Waals surface area contributed by atoms with Crippen molar-refractivity contribution < 1.29 is 13.3 Å². The summed E-state index contributed by atoms with van der Waals surface area (Å²) in [5.41, 5.74) is 6.53. The van der Waals surface area contributed by atoms with Crippen LogP contribution >= 0.6 is 0 Å². The summed E-state index contributed by atoms with van der Waals surface area (Å²) in [6.45, 7) is 8.76. The summed E-state index contributed by atoms with van der Waals surface area (Å²) in [4.78, 5) is 0. The summed E-state index contributed by atoms with van der Waals surface area (Å²) in [5, 5.41) is 0. The molecule has 0 aliphatic heterocycles. The molecule has 0 aromatic carbocycles. The van der Waals surface area contributed by atoms with Crippen LogP contribution in [0.5, 0.6) is 0 Å². The lowest BCUT2D eigenvalue weighted by Crippen LogP contribution is -2.51. The minimum absolute atomic E-state index is 0.189. The van der Waals surface area contributed by atoms with Crippen LogP contribution < -0.4 is 5.73 Å². The van der Waals surface area contributed by atoms with E-state index < -0.39 is 8.80 Å². The summed E-state index contributed by atoms with van der Waals surface area (Å²) in [6, 6.07) is 0. The summed E-state index contributed by atoms with van der Waals surface area (Å²) in [5.74, 6) is 0.477. The molecule has 2 N–H and O–H groups in total. The molecule has 0 aromatic heterocycles. The predicted octanol–water partition coefficient (Wildman–Crippen LogP) is 7.09. The second-order valence-corrected chi connectivity index (χ2v) is 12.7. The minimum Gasteiger partial charge on any atom is -0.377 e. The highest BCUT2D eigenvalue weighted by Crippen LogP contribution is 2.41. The molecule has 4 nitrogen and oxygen atoms in total. The third kappa shape index (κ3) is 12.5. The SMILES string of the molecule is CCCCCCCCCCCCCC(CC(C)(C)N)C(CC)[Si](OC)(OC)OC. The van der Waals surface area contributed by atoms with E-state index in [9.17, 15) is 0 Å². The van der Waals surface area contributed by atoms with Crippen molar-refractivity contribution in [2.45, 2.75) is 129 Å². The second kappa shape index (κ2) is 16.7. The maximum Gasteiger partial charge on any atom is 0.503 e. The Balaban J connectivity index is 4.44. The van der Waals surface area contributed by atoms with E-state index in [0.29, 0.717) is 11.5 Å². The lowest BCUT2D eigenvalue weighted by Gasteiger charge is -2.39. The van der Waals surface area contributed by atoms with E-state index in [-0.39, 0.29) is 5.54 Å². The molecule has 0 saturated heterocycles. The van der Waals surface area contributed by atoms with Crippen LogP contribution in [0.3, 0.4) is 0 Å². The first-order chi connectivity index (χ1) is 13.8. The van der Waals surface area contributed by atoms with Crippen LogP contribution in [0.25, 0.3) is 0 Å². The highest BCUT2D eigenvalue weighted by Gasteiger charge is 2.50. The van der Waals surface area contributed by atoms with Gasteiger partial charge in [0.05, 0.1) is 0 Å². The van der Waals surface area contributed by atoms with Crippen molar-refractivity contribution in [3.8, 4) is 0 Å². The molecule has 0 fully saturated rings. The van der Waals surface area contributed by atoms with Gasteiger partial charge in [-0.05, 0) is 32.6 Å². The van der Waals surface area contributed by atoms with Crippen molar-refractivity contribution in [3.05, 3.63) is 0 Å². The topological polar surface area (TPSA) is 53.7 Å². The van der Waals surface area contributed by atoms with Gasteiger partial charge in [0.2, 0.25) is 0 Å². The lowest BCUT2D eigenvalue weighted by atomic mass is 9.84. The number of unbranched alkanes of at least 4 members (excludes halogenated alkanes) is 10. The van der Waals surface area contributed by atoms with E-state index >= 15 is 0 Å². The van der Waals surface area contributed by atoms with Crippen LogP contribution in [0.2, 0.25) is 5.54 Å². The van der Waals surface area contributed by atoms with Crippen LogP contribution in [0, 0.1) is 5.92 Å². The van der Waals surface area contributed by atoms with Gasteiger partial charge in [0.1, 0.15) is 0 Å². The van der Waals surface area contributed by atoms with Crippen LogP contribution in [-0.4, -0.2) is 35.7 Å². The quantitative estimate of drug-likeness (QED) is 0.165. The number of rotatable bonds is 20. The number of nitrogens with two attached hydrogens (primary N) is 1. The van der Waals surface area contributed by atoms with Gasteiger partial charge in [-0.1, -0.05) is 90.9 Å². The van der Waals surface area contributed by atoms with Crippen molar-refractivity contribution in [2.24, 2.45) is 11.7 Å². The molecule has 2 atom stereocenters. The van der Waals surface area contributed by atoms with Gasteiger partial charge in [0, 0.05) is 32.4 Å². The first kappa shape index (κ1) is 29.1. The van der Waals surface area contributed by atoms with Gasteiger partial charge in [0.25, 0.3) is 0 Å². The molecule has 5 heteroatoms. The molecule has 0 aliphatic carbocycles. The maximum atomic E-state index is 6.42. The van der Waals surface area contributed by atoms with E-state index in [4.69, 9.17) is 19.0 Å². The normalized spacial score (nSPS) is 14.9. The van der Waals surface area contributed by atoms with E-state index in [1.54, 1.807) is 21.3 Å². The fraction of sp³-hybridized carbons (Fsp3) is 1.00. The highest BCUT2D eigenvalue weighted by atomic mass is 28.4. The molecule has 0 amide bonds. The van der Waals surface area contributed by atoms with Crippen molar-refractivity contribution in [3.63, 3.8) is 0 Å². The Bertz CT molecular complexity index is 361. The molecule has 176 valence electrons. The monoisotopic (exact) mass is 431 g/mol. The lowest BCUT2D eigenvalue weighted by molar-refractivity contribution is 0.0947. The molecule has 2 unspecified atom stereocenters. The van der Waals surface area contributed by atoms with E-state index in [1.807, 2.05) is 0 Å². The molecule has 0 rings (SSSR count). The molecule has 0 radical (unpaired) electrons. The zero-order valence-corrected chi connectivity index (χ0v) is 21.9. The van der Waals surface area contributed by atoms with Crippen LogP contribution in [0.15, 0.2) is 0 Å². The number of hydrogen-bond donors (Lipinski definition) is 1. The van der Waals surface area contributed by atoms with Crippen molar-refractivity contribution in [1.82, 2.24) is 0 Å². The molecule has 29 heavy (non-hydrogen) atoms. The standard InChI is InChI=1S/C24H53NO3Si/c1-8-10-11-12-13-14-15-16-17-18-19-20-22(21-24(3,4)25)23(9-2)29(26-5,27-6)28-7/h22-23H,8-21,25H2,1-7H3. The van der Waals surface area contributed by atoms with Crippen LogP contribution in [0.4, 0.5) is 0 Å².